The van der Waals surface area contributed by atoms with E-state index in [0.717, 1.165) is 0 Å². The molecule has 384 valence electrons. The highest BCUT2D eigenvalue weighted by atomic mass is 32.1. The number of carbonyl (C=O) groups is 4. The lowest BCUT2D eigenvalue weighted by Crippen LogP contribution is -2.61. The number of carbonyl (C=O) groups excluding carboxylic acids is 4. The number of nitrogens with zero attached hydrogens (tertiary/aromatic N) is 2. The van der Waals surface area contributed by atoms with Gasteiger partial charge in [-0.3, -0.25) is 9.59 Å². The second-order valence-electron chi connectivity index (χ2n) is 20.4. The molecule has 66 heavy (non-hydrogen) atoms. The van der Waals surface area contributed by atoms with Crippen LogP contribution in [0.5, 0.6) is 0 Å². The van der Waals surface area contributed by atoms with Crippen molar-refractivity contribution >= 4 is 36.3 Å². The lowest BCUT2D eigenvalue weighted by atomic mass is 9.77. The van der Waals surface area contributed by atoms with Crippen molar-refractivity contribution in [3.8, 4) is 0 Å². The zero-order valence-corrected chi connectivity index (χ0v) is 43.2. The zero-order chi connectivity index (χ0) is 50.4. The van der Waals surface area contributed by atoms with Gasteiger partial charge in [-0.25, -0.2) is 4.79 Å². The summed E-state index contributed by atoms with van der Waals surface area (Å²) in [5, 5.41) is 47.5. The van der Waals surface area contributed by atoms with Gasteiger partial charge >= 0.3 is 17.9 Å². The first-order valence-corrected chi connectivity index (χ1v) is 24.1. The van der Waals surface area contributed by atoms with E-state index in [1.54, 1.807) is 55.5 Å². The molecule has 20 atom stereocenters. The van der Waals surface area contributed by atoms with Gasteiger partial charge in [0.05, 0.1) is 53.5 Å². The first-order chi connectivity index (χ1) is 30.4. The topological polar surface area (TPSA) is 230 Å². The molecule has 0 bridgehead atoms. The molecule has 0 aromatic carbocycles. The second-order valence-corrected chi connectivity index (χ2v) is 20.8. The summed E-state index contributed by atoms with van der Waals surface area (Å²) in [6, 6.07) is -1.11. The highest BCUT2D eigenvalue weighted by Crippen LogP contribution is 2.40. The number of esters is 3. The summed E-state index contributed by atoms with van der Waals surface area (Å²) in [7, 11) is 6.91. The maximum Gasteiger partial charge on any atom is 0.347 e. The van der Waals surface area contributed by atoms with Crippen LogP contribution in [0.3, 0.4) is 0 Å². The molecule has 0 aromatic rings. The van der Waals surface area contributed by atoms with E-state index in [2.05, 4.69) is 12.6 Å². The average Bonchev–Trinajstić information content (AvgIpc) is 3.23. The predicted octanol–water partition coefficient (Wildman–Crippen LogP) is 2.91. The van der Waals surface area contributed by atoms with Crippen LogP contribution in [0.1, 0.15) is 115 Å². The molecular formula is C47H84N2O16S. The third-order valence-corrected chi connectivity index (χ3v) is 14.6. The maximum absolute atomic E-state index is 14.5. The summed E-state index contributed by atoms with van der Waals surface area (Å²) in [5.41, 5.74) is -4.70. The Balaban J connectivity index is 2.21. The molecule has 0 saturated carbocycles. The normalized spacial score (nSPS) is 42.3. The highest BCUT2D eigenvalue weighted by molar-refractivity contribution is 7.80. The molecule has 3 rings (SSSR count). The van der Waals surface area contributed by atoms with Gasteiger partial charge in [0.25, 0.3) is 0 Å². The Morgan fingerprint density at radius 3 is 2.12 bits per heavy atom. The van der Waals surface area contributed by atoms with Crippen LogP contribution in [-0.2, 0) is 57.1 Å². The van der Waals surface area contributed by atoms with Crippen LogP contribution in [0, 0.1) is 23.7 Å². The maximum atomic E-state index is 14.5. The molecule has 0 unspecified atom stereocenters. The SMILES string of the molecule is CC[C@H]1OC(=O)[C@H](C)[C@@H](O[C@H]2C[C@@](C)(OC)[C@@H](O)[C@H](C)O2)[C@H](C)[C@@H](O[C@@H]2O[C@H](C)C[C@H](N(C)C)[C@H]2OC(=O)[C@@H](C)OC(=O)[C@H](CS)CC(C)=O)[C@](C)(O)C[C@@H](C)CN(C)[C@H](C)[C@@H](O)[C@]1(C)O. The molecule has 0 spiro atoms. The van der Waals surface area contributed by atoms with Gasteiger partial charge in [0.2, 0.25) is 0 Å². The fourth-order valence-corrected chi connectivity index (χ4v) is 10.2. The van der Waals surface area contributed by atoms with Crippen molar-refractivity contribution in [2.24, 2.45) is 23.7 Å². The molecule has 0 aromatic heterocycles. The number of aliphatic hydroxyl groups excluding tert-OH is 2. The van der Waals surface area contributed by atoms with Crippen LogP contribution in [-0.4, -0.2) is 191 Å². The number of methoxy groups -OCH3 is 1. The molecule has 0 aliphatic carbocycles. The number of ether oxygens (including phenoxy) is 8. The molecule has 3 heterocycles. The Labute approximate surface area is 398 Å². The van der Waals surface area contributed by atoms with Crippen molar-refractivity contribution in [3.05, 3.63) is 0 Å². The predicted molar refractivity (Wildman–Crippen MR) is 246 cm³/mol. The fourth-order valence-electron chi connectivity index (χ4n) is 9.97. The number of Topliss-reactive ketones (excluding diaryl/α,β-unsaturated/α-hetero) is 1. The van der Waals surface area contributed by atoms with E-state index in [-0.39, 0.29) is 43.1 Å². The van der Waals surface area contributed by atoms with E-state index in [0.29, 0.717) is 13.0 Å². The first-order valence-electron chi connectivity index (χ1n) is 23.5. The summed E-state index contributed by atoms with van der Waals surface area (Å²) in [6.07, 6.45) is -11.3. The molecule has 18 nitrogen and oxygen atoms in total. The molecule has 3 aliphatic rings. The van der Waals surface area contributed by atoms with E-state index >= 15 is 0 Å². The molecule has 3 saturated heterocycles. The molecule has 0 radical (unpaired) electrons. The van der Waals surface area contributed by atoms with Crippen LogP contribution in [0.15, 0.2) is 0 Å². The van der Waals surface area contributed by atoms with Crippen LogP contribution in [0.25, 0.3) is 0 Å². The van der Waals surface area contributed by atoms with Crippen LogP contribution in [0.2, 0.25) is 0 Å². The molecular weight excluding hydrogens is 881 g/mol. The van der Waals surface area contributed by atoms with Crippen molar-refractivity contribution < 1.29 is 77.5 Å². The summed E-state index contributed by atoms with van der Waals surface area (Å²) in [5.74, 6) is -5.79. The van der Waals surface area contributed by atoms with Crippen molar-refractivity contribution in [3.63, 3.8) is 0 Å². The average molecular weight is 965 g/mol. The lowest BCUT2D eigenvalue weighted by molar-refractivity contribution is -0.319. The Kier molecular flexibility index (Phi) is 21.4. The largest absolute Gasteiger partial charge is 0.459 e. The van der Waals surface area contributed by atoms with Crippen LogP contribution >= 0.6 is 12.6 Å². The van der Waals surface area contributed by atoms with Crippen LogP contribution < -0.4 is 0 Å². The van der Waals surface area contributed by atoms with Gasteiger partial charge in [-0.2, -0.15) is 12.6 Å². The van der Waals surface area contributed by atoms with Crippen molar-refractivity contribution in [2.45, 2.75) is 212 Å². The van der Waals surface area contributed by atoms with Gasteiger partial charge in [0.1, 0.15) is 29.7 Å². The Hall–Kier alpha value is -2.01. The number of rotatable bonds is 14. The summed E-state index contributed by atoms with van der Waals surface area (Å²) in [4.78, 5) is 57.0. The van der Waals surface area contributed by atoms with Crippen molar-refractivity contribution in [2.75, 3.05) is 40.6 Å². The third-order valence-electron chi connectivity index (χ3n) is 14.1. The van der Waals surface area contributed by atoms with Crippen LogP contribution in [0.4, 0.5) is 0 Å². The number of cyclic esters (lactones) is 1. The molecule has 3 aliphatic heterocycles. The highest BCUT2D eigenvalue weighted by Gasteiger charge is 2.53. The Morgan fingerprint density at radius 1 is 0.955 bits per heavy atom. The first kappa shape index (κ1) is 58.3. The number of thiol groups is 1. The van der Waals surface area contributed by atoms with Crippen molar-refractivity contribution in [1.82, 2.24) is 9.80 Å². The number of ketones is 1. The minimum absolute atomic E-state index is 0.0309. The summed E-state index contributed by atoms with van der Waals surface area (Å²) >= 11 is 4.20. The number of likely N-dealkylation sites (N-methyl/N-ethyl adjacent to an activating group) is 2. The molecule has 0 amide bonds. The van der Waals surface area contributed by atoms with E-state index < -0.39 is 132 Å². The summed E-state index contributed by atoms with van der Waals surface area (Å²) < 4.78 is 50.0. The minimum Gasteiger partial charge on any atom is -0.459 e. The monoisotopic (exact) mass is 965 g/mol. The van der Waals surface area contributed by atoms with E-state index in [1.165, 1.54) is 27.9 Å². The summed E-state index contributed by atoms with van der Waals surface area (Å²) in [6.45, 7) is 20.2. The quantitative estimate of drug-likeness (QED) is 0.0958. The molecule has 19 heteroatoms. The van der Waals surface area contributed by atoms with Gasteiger partial charge in [-0.05, 0) is 109 Å². The third kappa shape index (κ3) is 14.3. The zero-order valence-electron chi connectivity index (χ0n) is 42.3. The molecule has 4 N–H and O–H groups in total. The van der Waals surface area contributed by atoms with E-state index in [4.69, 9.17) is 37.9 Å². The number of aliphatic hydroxyl groups is 4. The standard InChI is InChI=1S/C47H84N2O16S/c1-17-34-47(12,57)38(51)29(7)49(15)22-24(2)20-45(10,56)40(27(5)36(28(6)41(53)62-34)63-35-21-46(11,58-16)39(52)30(8)60-35)65-44-37(33(48(13)14)19-26(4)59-44)64-42(54)31(9)61-43(55)32(23-66)18-25(3)50/h24,26-40,44,51-52,56-57,66H,17-23H2,1-16H3/t24-,26-,27+,28-,29-,30+,31-,32+,33+,34-,35+,36+,37-,38-,39+,40-,44+,45-,46-,47-/m1/s1. The Bertz CT molecular complexity index is 1600. The smallest absolute Gasteiger partial charge is 0.347 e. The molecule has 3 fully saturated rings. The van der Waals surface area contributed by atoms with E-state index in [9.17, 15) is 39.6 Å². The van der Waals surface area contributed by atoms with Gasteiger partial charge < -0.3 is 72.9 Å². The van der Waals surface area contributed by atoms with Gasteiger partial charge in [-0.15, -0.1) is 0 Å². The number of hydrogen-bond acceptors (Lipinski definition) is 19. The second kappa shape index (κ2) is 24.2. The lowest BCUT2D eigenvalue weighted by Gasteiger charge is -2.49. The van der Waals surface area contributed by atoms with E-state index in [1.807, 2.05) is 37.7 Å². The minimum atomic E-state index is -1.87. The van der Waals surface area contributed by atoms with Gasteiger partial charge in [0.15, 0.2) is 24.8 Å². The Morgan fingerprint density at radius 2 is 1.58 bits per heavy atom. The van der Waals surface area contributed by atoms with Crippen molar-refractivity contribution in [1.29, 1.82) is 0 Å². The fraction of sp³-hybridized carbons (Fsp3) is 0.915. The number of hydrogen-bond donors (Lipinski definition) is 5. The van der Waals surface area contributed by atoms with Gasteiger partial charge in [-0.1, -0.05) is 20.8 Å². The van der Waals surface area contributed by atoms with Gasteiger partial charge in [0, 0.05) is 44.2 Å².